The maximum Gasteiger partial charge on any atom is 0.255 e. The standard InChI is InChI=1S/C13H23N3O2/c1-9-11(10(2)16-15-9)12(18)14-8-13(3,4)6-5-7-17/h17H,5-8H2,1-4H3,(H,14,18)(H,15,16). The first-order chi connectivity index (χ1) is 8.37. The van der Waals surface area contributed by atoms with Crippen LogP contribution in [0, 0.1) is 19.3 Å². The first-order valence-electron chi connectivity index (χ1n) is 6.28. The first-order valence-corrected chi connectivity index (χ1v) is 6.28. The third-order valence-electron chi connectivity index (χ3n) is 3.09. The molecule has 3 N–H and O–H groups in total. The van der Waals surface area contributed by atoms with E-state index >= 15 is 0 Å². The van der Waals surface area contributed by atoms with E-state index in [4.69, 9.17) is 5.11 Å². The molecule has 0 atom stereocenters. The summed E-state index contributed by atoms with van der Waals surface area (Å²) in [5.74, 6) is -0.0872. The van der Waals surface area contributed by atoms with Crippen LogP contribution in [-0.2, 0) is 0 Å². The highest BCUT2D eigenvalue weighted by molar-refractivity contribution is 5.96. The van der Waals surface area contributed by atoms with Crippen LogP contribution in [0.4, 0.5) is 0 Å². The lowest BCUT2D eigenvalue weighted by molar-refractivity contribution is 0.0932. The molecule has 0 saturated heterocycles. The highest BCUT2D eigenvalue weighted by Crippen LogP contribution is 2.21. The Labute approximate surface area is 108 Å². The van der Waals surface area contributed by atoms with E-state index in [1.54, 1.807) is 0 Å². The summed E-state index contributed by atoms with van der Waals surface area (Å²) in [4.78, 5) is 12.0. The molecular formula is C13H23N3O2. The van der Waals surface area contributed by atoms with Crippen molar-refractivity contribution in [2.24, 2.45) is 5.41 Å². The Morgan fingerprint density at radius 2 is 2.11 bits per heavy atom. The topological polar surface area (TPSA) is 78.0 Å². The van der Waals surface area contributed by atoms with Crippen LogP contribution in [0.25, 0.3) is 0 Å². The van der Waals surface area contributed by atoms with Gasteiger partial charge in [-0.2, -0.15) is 5.10 Å². The molecule has 1 aromatic rings. The quantitative estimate of drug-likeness (QED) is 0.720. The third kappa shape index (κ3) is 3.84. The number of hydrogen-bond donors (Lipinski definition) is 3. The number of carbonyl (C=O) groups excluding carboxylic acids is 1. The number of carbonyl (C=O) groups is 1. The monoisotopic (exact) mass is 253 g/mol. The molecule has 1 aromatic heterocycles. The lowest BCUT2D eigenvalue weighted by Gasteiger charge is -2.24. The number of nitrogens with one attached hydrogen (secondary N) is 2. The molecule has 0 aromatic carbocycles. The molecule has 18 heavy (non-hydrogen) atoms. The molecule has 5 nitrogen and oxygen atoms in total. The molecule has 5 heteroatoms. The maximum atomic E-state index is 12.0. The smallest absolute Gasteiger partial charge is 0.255 e. The van der Waals surface area contributed by atoms with Crippen molar-refractivity contribution in [1.82, 2.24) is 15.5 Å². The van der Waals surface area contributed by atoms with E-state index in [2.05, 4.69) is 29.4 Å². The minimum Gasteiger partial charge on any atom is -0.396 e. The minimum absolute atomic E-state index is 0.00998. The number of H-pyrrole nitrogens is 1. The van der Waals surface area contributed by atoms with Crippen LogP contribution in [0.15, 0.2) is 0 Å². The Morgan fingerprint density at radius 3 is 2.61 bits per heavy atom. The summed E-state index contributed by atoms with van der Waals surface area (Å²) < 4.78 is 0. The van der Waals surface area contributed by atoms with Crippen LogP contribution in [-0.4, -0.2) is 34.4 Å². The third-order valence-corrected chi connectivity index (χ3v) is 3.09. The number of aromatic amines is 1. The van der Waals surface area contributed by atoms with Gasteiger partial charge in [0, 0.05) is 18.8 Å². The number of aryl methyl sites for hydroxylation is 2. The lowest BCUT2D eigenvalue weighted by atomic mass is 9.88. The van der Waals surface area contributed by atoms with Crippen molar-refractivity contribution in [3.05, 3.63) is 17.0 Å². The van der Waals surface area contributed by atoms with Crippen molar-refractivity contribution in [3.8, 4) is 0 Å². The Bertz CT molecular complexity index is 391. The summed E-state index contributed by atoms with van der Waals surface area (Å²) in [5.41, 5.74) is 2.13. The number of aliphatic hydroxyl groups excluding tert-OH is 1. The molecule has 0 unspecified atom stereocenters. The van der Waals surface area contributed by atoms with Gasteiger partial charge in [0.2, 0.25) is 0 Å². The molecule has 0 bridgehead atoms. The summed E-state index contributed by atoms with van der Waals surface area (Å²) in [7, 11) is 0. The molecule has 0 aliphatic heterocycles. The van der Waals surface area contributed by atoms with Crippen LogP contribution in [0.5, 0.6) is 0 Å². The highest BCUT2D eigenvalue weighted by atomic mass is 16.2. The van der Waals surface area contributed by atoms with Crippen molar-refractivity contribution in [2.45, 2.75) is 40.5 Å². The molecule has 1 amide bonds. The van der Waals surface area contributed by atoms with Crippen LogP contribution in [0.2, 0.25) is 0 Å². The van der Waals surface area contributed by atoms with E-state index < -0.39 is 0 Å². The van der Waals surface area contributed by atoms with Crippen molar-refractivity contribution in [2.75, 3.05) is 13.2 Å². The average molecular weight is 253 g/mol. The lowest BCUT2D eigenvalue weighted by Crippen LogP contribution is -2.34. The van der Waals surface area contributed by atoms with E-state index in [1.165, 1.54) is 0 Å². The van der Waals surface area contributed by atoms with Crippen LogP contribution in [0.3, 0.4) is 0 Å². The fourth-order valence-corrected chi connectivity index (χ4v) is 1.94. The summed E-state index contributed by atoms with van der Waals surface area (Å²) in [6.07, 6.45) is 1.64. The predicted molar refractivity (Wildman–Crippen MR) is 70.5 cm³/mol. The fourth-order valence-electron chi connectivity index (χ4n) is 1.94. The fraction of sp³-hybridized carbons (Fsp3) is 0.692. The summed E-state index contributed by atoms with van der Waals surface area (Å²) in [6, 6.07) is 0. The summed E-state index contributed by atoms with van der Waals surface area (Å²) >= 11 is 0. The Balaban J connectivity index is 2.56. The number of amides is 1. The Morgan fingerprint density at radius 1 is 1.44 bits per heavy atom. The molecule has 0 radical (unpaired) electrons. The first kappa shape index (κ1) is 14.7. The molecule has 1 heterocycles. The van der Waals surface area contributed by atoms with Crippen LogP contribution in [0.1, 0.15) is 48.4 Å². The van der Waals surface area contributed by atoms with Gasteiger partial charge in [-0.15, -0.1) is 0 Å². The maximum absolute atomic E-state index is 12.0. The molecule has 0 aliphatic carbocycles. The molecule has 1 rings (SSSR count). The molecule has 0 aliphatic rings. The Hall–Kier alpha value is -1.36. The second-order valence-corrected chi connectivity index (χ2v) is 5.48. The van der Waals surface area contributed by atoms with Crippen LogP contribution >= 0.6 is 0 Å². The van der Waals surface area contributed by atoms with E-state index in [1.807, 2.05) is 13.8 Å². The summed E-state index contributed by atoms with van der Waals surface area (Å²) in [5, 5.41) is 18.6. The van der Waals surface area contributed by atoms with Crippen molar-refractivity contribution in [3.63, 3.8) is 0 Å². The van der Waals surface area contributed by atoms with E-state index in [9.17, 15) is 4.79 Å². The zero-order valence-electron chi connectivity index (χ0n) is 11.6. The van der Waals surface area contributed by atoms with E-state index in [0.717, 1.165) is 24.2 Å². The number of rotatable bonds is 6. The molecule has 0 saturated carbocycles. The molecule has 0 fully saturated rings. The van der Waals surface area contributed by atoms with Gasteiger partial charge in [0.1, 0.15) is 0 Å². The second-order valence-electron chi connectivity index (χ2n) is 5.48. The van der Waals surface area contributed by atoms with Crippen molar-refractivity contribution in [1.29, 1.82) is 0 Å². The zero-order chi connectivity index (χ0) is 13.8. The van der Waals surface area contributed by atoms with Crippen molar-refractivity contribution < 1.29 is 9.90 Å². The van der Waals surface area contributed by atoms with Gasteiger partial charge < -0.3 is 10.4 Å². The largest absolute Gasteiger partial charge is 0.396 e. The van der Waals surface area contributed by atoms with Gasteiger partial charge in [-0.05, 0) is 32.1 Å². The summed E-state index contributed by atoms with van der Waals surface area (Å²) in [6.45, 7) is 8.60. The normalized spacial score (nSPS) is 11.6. The number of aliphatic hydroxyl groups is 1. The van der Waals surface area contributed by atoms with Gasteiger partial charge in [-0.1, -0.05) is 13.8 Å². The number of hydrogen-bond acceptors (Lipinski definition) is 3. The average Bonchev–Trinajstić information content (AvgIpc) is 2.64. The number of aromatic nitrogens is 2. The zero-order valence-corrected chi connectivity index (χ0v) is 11.6. The van der Waals surface area contributed by atoms with Gasteiger partial charge in [0.15, 0.2) is 0 Å². The van der Waals surface area contributed by atoms with Crippen LogP contribution < -0.4 is 5.32 Å². The van der Waals surface area contributed by atoms with Crippen molar-refractivity contribution >= 4 is 5.91 Å². The SMILES string of the molecule is Cc1n[nH]c(C)c1C(=O)NCC(C)(C)CCCO. The minimum atomic E-state index is -0.0872. The second kappa shape index (κ2) is 6.00. The van der Waals surface area contributed by atoms with Gasteiger partial charge >= 0.3 is 0 Å². The van der Waals surface area contributed by atoms with Gasteiger partial charge in [-0.3, -0.25) is 9.89 Å². The van der Waals surface area contributed by atoms with Gasteiger partial charge in [0.25, 0.3) is 5.91 Å². The molecular weight excluding hydrogens is 230 g/mol. The predicted octanol–water partition coefficient (Wildman–Crippen LogP) is 1.56. The molecule has 102 valence electrons. The van der Waals surface area contributed by atoms with Gasteiger partial charge in [-0.25, -0.2) is 0 Å². The molecule has 0 spiro atoms. The van der Waals surface area contributed by atoms with Gasteiger partial charge in [0.05, 0.1) is 11.3 Å². The highest BCUT2D eigenvalue weighted by Gasteiger charge is 2.21. The Kier molecular flexibility index (Phi) is 4.90. The van der Waals surface area contributed by atoms with E-state index in [0.29, 0.717) is 12.1 Å². The number of nitrogens with zero attached hydrogens (tertiary/aromatic N) is 1. The van der Waals surface area contributed by atoms with E-state index in [-0.39, 0.29) is 17.9 Å².